The summed E-state index contributed by atoms with van der Waals surface area (Å²) in [6.45, 7) is 24.7. The van der Waals surface area contributed by atoms with Crippen LogP contribution in [0.15, 0.2) is 35.5 Å². The Kier molecular flexibility index (Phi) is 7.15. The molecule has 0 aromatic carbocycles. The second kappa shape index (κ2) is 10.6. The van der Waals surface area contributed by atoms with Gasteiger partial charge >= 0.3 is 5.97 Å². The van der Waals surface area contributed by atoms with Crippen molar-refractivity contribution in [2.75, 3.05) is 26.2 Å². The third kappa shape index (κ3) is 4.22. The van der Waals surface area contributed by atoms with Crippen LogP contribution in [0.5, 0.6) is 0 Å². The Labute approximate surface area is 290 Å². The number of nitrogens with one attached hydrogen (secondary N) is 1. The highest BCUT2D eigenvalue weighted by Crippen LogP contribution is 2.77. The van der Waals surface area contributed by atoms with E-state index >= 15 is 0 Å². The highest BCUT2D eigenvalue weighted by atomic mass is 16.5. The van der Waals surface area contributed by atoms with Gasteiger partial charge in [-0.3, -0.25) is 9.69 Å². The van der Waals surface area contributed by atoms with Gasteiger partial charge in [0.15, 0.2) is 0 Å². The number of allylic oxidation sites excluding steroid dienone is 5. The van der Waals surface area contributed by atoms with Gasteiger partial charge in [-0.15, -0.1) is 0 Å². The quantitative estimate of drug-likeness (QED) is 0.270. The van der Waals surface area contributed by atoms with Crippen LogP contribution in [-0.2, 0) is 9.53 Å². The van der Waals surface area contributed by atoms with Crippen LogP contribution in [0, 0.1) is 69.0 Å². The first-order chi connectivity index (χ1) is 22.7. The van der Waals surface area contributed by atoms with Crippen molar-refractivity contribution in [3.8, 4) is 0 Å². The first kappa shape index (κ1) is 32.5. The number of ether oxygens (including phenoxy) is 1. The molecule has 0 aromatic heterocycles. The van der Waals surface area contributed by atoms with Crippen molar-refractivity contribution in [3.05, 3.63) is 35.5 Å². The minimum absolute atomic E-state index is 0.123. The predicted octanol–water partition coefficient (Wildman–Crippen LogP) is 8.27. The molecule has 0 radical (unpaired) electrons. The molecule has 0 spiro atoms. The molecule has 0 amide bonds. The number of hydrogen-bond acceptors (Lipinski definition) is 4. The van der Waals surface area contributed by atoms with E-state index in [0.717, 1.165) is 38.0 Å². The number of rotatable bonds is 7. The van der Waals surface area contributed by atoms with Crippen molar-refractivity contribution in [1.82, 2.24) is 10.2 Å². The summed E-state index contributed by atoms with van der Waals surface area (Å²) < 4.78 is 5.91. The van der Waals surface area contributed by atoms with Gasteiger partial charge in [-0.05, 0) is 152 Å². The molecule has 2 bridgehead atoms. The van der Waals surface area contributed by atoms with E-state index in [1.807, 2.05) is 0 Å². The summed E-state index contributed by atoms with van der Waals surface area (Å²) in [4.78, 5) is 14.4. The molecule has 5 saturated carbocycles. The fourth-order valence-corrected chi connectivity index (χ4v) is 15.8. The number of nitrogens with zero attached hydrogens (tertiary/aromatic N) is 1. The minimum atomic E-state index is -0.590. The van der Waals surface area contributed by atoms with Gasteiger partial charge in [0.05, 0.1) is 18.6 Å². The maximum atomic E-state index is 11.7. The van der Waals surface area contributed by atoms with Crippen LogP contribution >= 0.6 is 0 Å². The Morgan fingerprint density at radius 2 is 1.85 bits per heavy atom. The number of morpholine rings is 1. The van der Waals surface area contributed by atoms with Gasteiger partial charge in [-0.25, -0.2) is 0 Å². The second-order valence-corrected chi connectivity index (χ2v) is 20.2. The molecular formula is C43H64N2O3. The van der Waals surface area contributed by atoms with Crippen LogP contribution < -0.4 is 5.32 Å². The van der Waals surface area contributed by atoms with Gasteiger partial charge in [0.2, 0.25) is 0 Å². The lowest BCUT2D eigenvalue weighted by atomic mass is 9.33. The van der Waals surface area contributed by atoms with Crippen LogP contribution in [0.25, 0.3) is 0 Å². The van der Waals surface area contributed by atoms with E-state index in [1.54, 1.807) is 5.57 Å². The lowest BCUT2D eigenvalue weighted by Crippen LogP contribution is -2.68. The molecular weight excluding hydrogens is 592 g/mol. The summed E-state index contributed by atoms with van der Waals surface area (Å²) in [6.07, 6.45) is 19.7. The molecule has 5 nitrogen and oxygen atoms in total. The number of carboxylic acid groups (broad SMARTS) is 1. The van der Waals surface area contributed by atoms with Crippen molar-refractivity contribution in [3.63, 3.8) is 0 Å². The number of hydrogen-bond donors (Lipinski definition) is 2. The summed E-state index contributed by atoms with van der Waals surface area (Å²) >= 11 is 0. The molecule has 7 aliphatic carbocycles. The minimum Gasteiger partial charge on any atom is -0.481 e. The van der Waals surface area contributed by atoms with Crippen LogP contribution in [0.3, 0.4) is 0 Å². The fourth-order valence-electron chi connectivity index (χ4n) is 15.8. The molecule has 7 fully saturated rings. The summed E-state index contributed by atoms with van der Waals surface area (Å²) in [5.41, 5.74) is 5.94. The Hall–Kier alpha value is -1.43. The zero-order chi connectivity index (χ0) is 33.6. The van der Waals surface area contributed by atoms with E-state index in [9.17, 15) is 9.90 Å². The SMILES string of the molecule is C=C(C)[C@@H]1CC[C@]2(NCCN3C[C@@H]4C[C@@H]3CO4)CC[C@]3(C)[C@H](CC[C@@H]4[C@@]5(C)CC=C(C6=CC7C(C6)C7C(=O)O)C(C)(C)[C@@H]5CC[C@]43C)[C@@H]12. The summed E-state index contributed by atoms with van der Waals surface area (Å²) in [7, 11) is 0. The largest absolute Gasteiger partial charge is 0.481 e. The third-order valence-electron chi connectivity index (χ3n) is 18.2. The molecule has 48 heavy (non-hydrogen) atoms. The predicted molar refractivity (Wildman–Crippen MR) is 191 cm³/mol. The van der Waals surface area contributed by atoms with Crippen LogP contribution in [0.1, 0.15) is 112 Å². The lowest BCUT2D eigenvalue weighted by Gasteiger charge is -2.72. The molecule has 0 aromatic rings. The summed E-state index contributed by atoms with van der Waals surface area (Å²) in [6, 6.07) is 0.652. The maximum absolute atomic E-state index is 11.7. The number of carboxylic acids is 1. The number of aliphatic carboxylic acids is 1. The summed E-state index contributed by atoms with van der Waals surface area (Å²) in [5.74, 6) is 3.47. The molecule has 2 aliphatic heterocycles. The van der Waals surface area contributed by atoms with Gasteiger partial charge in [-0.1, -0.05) is 58.9 Å². The Bertz CT molecular complexity index is 1460. The van der Waals surface area contributed by atoms with Crippen molar-refractivity contribution in [2.45, 2.75) is 130 Å². The van der Waals surface area contributed by atoms with E-state index in [0.29, 0.717) is 52.1 Å². The second-order valence-electron chi connectivity index (χ2n) is 20.2. The number of carbonyl (C=O) groups is 1. The topological polar surface area (TPSA) is 61.8 Å². The lowest BCUT2D eigenvalue weighted by molar-refractivity contribution is -0.221. The van der Waals surface area contributed by atoms with E-state index in [4.69, 9.17) is 4.74 Å². The van der Waals surface area contributed by atoms with Crippen molar-refractivity contribution >= 4 is 5.97 Å². The molecule has 3 unspecified atom stereocenters. The highest BCUT2D eigenvalue weighted by Gasteiger charge is 2.70. The molecule has 14 atom stereocenters. The molecule has 9 aliphatic rings. The Balaban J connectivity index is 0.977. The average molecular weight is 657 g/mol. The van der Waals surface area contributed by atoms with Gasteiger partial charge < -0.3 is 15.2 Å². The number of fused-ring (bicyclic) bond motifs is 10. The molecule has 5 heteroatoms. The standard InChI is InChI=1S/C43H64N2O3/c1-25(2)29-10-15-43(44-18-19-45-23-28-22-27(45)24-48-28)17-16-41(6)33(37(29)43)8-9-35-40(5)13-11-32(26-20-30-31(21-26)36(30)38(46)47)39(3,4)34(40)12-14-42(35,41)7/h11,20,27-31,33-37,44H,1,8-10,12-19,21-24H2,2-7H3,(H,46,47)/t27-,28+,29+,30?,31?,33-,34+,35-,36?,37-,40+,41-,42-,43+/m1/s1. The first-order valence-electron chi connectivity index (χ1n) is 20.1. The fraction of sp³-hybridized carbons (Fsp3) is 0.837. The van der Waals surface area contributed by atoms with Crippen molar-refractivity contribution in [2.24, 2.45) is 69.0 Å². The van der Waals surface area contributed by atoms with E-state index in [1.165, 1.54) is 81.9 Å². The van der Waals surface area contributed by atoms with E-state index < -0.39 is 5.97 Å². The van der Waals surface area contributed by atoms with Gasteiger partial charge in [-0.2, -0.15) is 0 Å². The molecule has 9 rings (SSSR count). The Morgan fingerprint density at radius 1 is 1.04 bits per heavy atom. The van der Waals surface area contributed by atoms with E-state index in [-0.39, 0.29) is 22.8 Å². The van der Waals surface area contributed by atoms with Gasteiger partial charge in [0, 0.05) is 31.2 Å². The monoisotopic (exact) mass is 656 g/mol. The molecule has 264 valence electrons. The van der Waals surface area contributed by atoms with Crippen molar-refractivity contribution in [1.29, 1.82) is 0 Å². The third-order valence-corrected chi connectivity index (χ3v) is 18.2. The highest BCUT2D eigenvalue weighted by molar-refractivity contribution is 5.76. The number of likely N-dealkylation sites (tertiary alicyclic amines) is 1. The molecule has 2 heterocycles. The van der Waals surface area contributed by atoms with Crippen LogP contribution in [-0.4, -0.2) is 59.9 Å². The summed E-state index contributed by atoms with van der Waals surface area (Å²) in [5, 5.41) is 14.0. The average Bonchev–Trinajstić information content (AvgIpc) is 3.54. The molecule has 2 saturated heterocycles. The zero-order valence-electron chi connectivity index (χ0n) is 31.0. The van der Waals surface area contributed by atoms with Gasteiger partial charge in [0.1, 0.15) is 0 Å². The smallest absolute Gasteiger partial charge is 0.307 e. The molecule has 2 N–H and O–H groups in total. The van der Waals surface area contributed by atoms with E-state index in [2.05, 4.69) is 70.5 Å². The first-order valence-corrected chi connectivity index (χ1v) is 20.1. The maximum Gasteiger partial charge on any atom is 0.307 e. The normalized spacial score (nSPS) is 52.8. The van der Waals surface area contributed by atoms with Crippen LogP contribution in [0.2, 0.25) is 0 Å². The van der Waals surface area contributed by atoms with Gasteiger partial charge in [0.25, 0.3) is 0 Å². The van der Waals surface area contributed by atoms with Crippen LogP contribution in [0.4, 0.5) is 0 Å². The Morgan fingerprint density at radius 3 is 2.52 bits per heavy atom. The van der Waals surface area contributed by atoms with Crippen molar-refractivity contribution < 1.29 is 14.6 Å². The zero-order valence-corrected chi connectivity index (χ0v) is 31.0.